The number of quaternary nitrogens is 2. The summed E-state index contributed by atoms with van der Waals surface area (Å²) in [6.07, 6.45) is 19.0. The molecule has 9 atom stereocenters. The zero-order valence-electron chi connectivity index (χ0n) is 22.1. The lowest BCUT2D eigenvalue weighted by Gasteiger charge is -2.69. The van der Waals surface area contributed by atoms with Crippen molar-refractivity contribution in [3.63, 3.8) is 0 Å². The summed E-state index contributed by atoms with van der Waals surface area (Å²) in [7, 11) is 0. The standard InChI is InChI=1S/C29H51N3O2/c1-26(2)25-21-6-7-22(17-33)29(25,31)18-28(14-21,34-26)23-12-20(11-19-5-8-24(30)32-16-19)13-27(15-23)9-3-4-10-27/h19-25,32-33H,3-18,30-31H2,1-2H3/p+2/t19?,20-,21-,22-,23-,24?,25-,28+,29-/m1/s1. The van der Waals surface area contributed by atoms with Gasteiger partial charge < -0.3 is 20.9 Å². The van der Waals surface area contributed by atoms with Crippen LogP contribution in [0, 0.1) is 40.9 Å². The summed E-state index contributed by atoms with van der Waals surface area (Å²) in [6, 6.07) is 0. The predicted octanol–water partition coefficient (Wildman–Crippen LogP) is 2.57. The first-order chi connectivity index (χ1) is 16.2. The van der Waals surface area contributed by atoms with E-state index in [1.807, 2.05) is 0 Å². The van der Waals surface area contributed by atoms with Gasteiger partial charge in [-0.05, 0) is 101 Å². The Kier molecular flexibility index (Phi) is 5.97. The molecule has 0 amide bonds. The van der Waals surface area contributed by atoms with Gasteiger partial charge in [-0.3, -0.25) is 5.73 Å². The molecule has 4 bridgehead atoms. The van der Waals surface area contributed by atoms with Crippen molar-refractivity contribution in [3.8, 4) is 0 Å². The van der Waals surface area contributed by atoms with E-state index in [0.717, 1.165) is 30.6 Å². The summed E-state index contributed by atoms with van der Waals surface area (Å²) < 4.78 is 7.31. The maximum absolute atomic E-state index is 10.4. The molecule has 1 spiro atoms. The second kappa shape index (κ2) is 8.41. The summed E-state index contributed by atoms with van der Waals surface area (Å²) in [5, 5.41) is 12.8. The van der Waals surface area contributed by atoms with Crippen LogP contribution >= 0.6 is 0 Å². The summed E-state index contributed by atoms with van der Waals surface area (Å²) in [6.45, 7) is 6.26. The Hall–Kier alpha value is -0.200. The Labute approximate surface area is 207 Å². The van der Waals surface area contributed by atoms with Crippen LogP contribution in [-0.4, -0.2) is 41.2 Å². The van der Waals surface area contributed by atoms with Gasteiger partial charge in [0.15, 0.2) is 0 Å². The second-order valence-corrected chi connectivity index (χ2v) is 14.8. The Morgan fingerprint density at radius 1 is 1.03 bits per heavy atom. The number of hydrogen-bond acceptors (Lipinski definition) is 3. The van der Waals surface area contributed by atoms with Gasteiger partial charge in [-0.25, -0.2) is 0 Å². The first-order valence-corrected chi connectivity index (χ1v) is 14.9. The molecule has 3 saturated heterocycles. The van der Waals surface area contributed by atoms with Crippen LogP contribution in [0.5, 0.6) is 0 Å². The normalized spacial score (nSPS) is 51.6. The number of aliphatic hydroxyl groups excluding tert-OH is 1. The maximum atomic E-state index is 10.4. The van der Waals surface area contributed by atoms with E-state index < -0.39 is 0 Å². The van der Waals surface area contributed by atoms with Crippen molar-refractivity contribution in [1.29, 1.82) is 0 Å². The quantitative estimate of drug-likeness (QED) is 0.503. The zero-order chi connectivity index (χ0) is 23.8. The molecule has 4 saturated carbocycles. The fourth-order valence-corrected chi connectivity index (χ4v) is 11.4. The smallest absolute Gasteiger partial charge is 0.137 e. The number of rotatable bonds is 4. The van der Waals surface area contributed by atoms with E-state index >= 15 is 0 Å². The molecule has 4 aliphatic carbocycles. The van der Waals surface area contributed by atoms with Crippen LogP contribution in [0.2, 0.25) is 0 Å². The van der Waals surface area contributed by atoms with Crippen LogP contribution in [0.3, 0.4) is 0 Å². The second-order valence-electron chi connectivity index (χ2n) is 14.8. The van der Waals surface area contributed by atoms with Gasteiger partial charge in [-0.2, -0.15) is 0 Å². The van der Waals surface area contributed by atoms with Gasteiger partial charge in [-0.15, -0.1) is 0 Å². The van der Waals surface area contributed by atoms with Gasteiger partial charge in [0.25, 0.3) is 0 Å². The Bertz CT molecular complexity index is 758. The van der Waals surface area contributed by atoms with Gasteiger partial charge in [0.05, 0.1) is 24.4 Å². The van der Waals surface area contributed by atoms with E-state index in [0.29, 0.717) is 35.9 Å². The SMILES string of the molecule is CC1(C)O[C@@]2([C@@H]3C[C@@H](CC4CCC(N)[NH2+]C4)CC4(CCCC4)C3)C[C@H]3CC[C@H](CO)[C@]([NH3+])(C2)[C@H]31. The van der Waals surface area contributed by atoms with E-state index in [1.54, 1.807) is 0 Å². The van der Waals surface area contributed by atoms with Gasteiger partial charge in [0.2, 0.25) is 0 Å². The first kappa shape index (κ1) is 24.2. The molecule has 3 aliphatic heterocycles. The molecule has 5 nitrogen and oxygen atoms in total. The van der Waals surface area contributed by atoms with Gasteiger partial charge >= 0.3 is 0 Å². The van der Waals surface area contributed by atoms with E-state index in [2.05, 4.69) is 19.2 Å². The van der Waals surface area contributed by atoms with Gasteiger partial charge in [-0.1, -0.05) is 12.8 Å². The third kappa shape index (κ3) is 3.83. The van der Waals surface area contributed by atoms with Crippen molar-refractivity contribution < 1.29 is 20.9 Å². The van der Waals surface area contributed by atoms with Crippen LogP contribution in [0.25, 0.3) is 0 Å². The minimum Gasteiger partial charge on any atom is -0.396 e. The number of aliphatic hydroxyl groups is 1. The molecule has 8 N–H and O–H groups in total. The summed E-state index contributed by atoms with van der Waals surface area (Å²) in [5.74, 6) is 3.93. The zero-order valence-corrected chi connectivity index (χ0v) is 22.1. The minimum atomic E-state index is -0.124. The van der Waals surface area contributed by atoms with Gasteiger partial charge in [0.1, 0.15) is 11.7 Å². The van der Waals surface area contributed by atoms with Crippen LogP contribution in [0.1, 0.15) is 104 Å². The molecule has 7 rings (SSSR count). The number of nitrogens with two attached hydrogens (primary N) is 2. The highest BCUT2D eigenvalue weighted by molar-refractivity contribution is 5.19. The Morgan fingerprint density at radius 2 is 1.82 bits per heavy atom. The minimum absolute atomic E-state index is 0.0120. The Morgan fingerprint density at radius 3 is 2.53 bits per heavy atom. The van der Waals surface area contributed by atoms with E-state index in [9.17, 15) is 5.11 Å². The predicted molar refractivity (Wildman–Crippen MR) is 133 cm³/mol. The molecule has 2 unspecified atom stereocenters. The maximum Gasteiger partial charge on any atom is 0.137 e. The highest BCUT2D eigenvalue weighted by Crippen LogP contribution is 2.67. The lowest BCUT2D eigenvalue weighted by molar-refractivity contribution is -0.703. The highest BCUT2D eigenvalue weighted by Gasteiger charge is 2.72. The molecule has 194 valence electrons. The van der Waals surface area contributed by atoms with Crippen LogP contribution in [0.15, 0.2) is 0 Å². The van der Waals surface area contributed by atoms with Crippen molar-refractivity contribution in [2.45, 2.75) is 127 Å². The largest absolute Gasteiger partial charge is 0.396 e. The van der Waals surface area contributed by atoms with Crippen molar-refractivity contribution in [2.75, 3.05) is 13.2 Å². The average Bonchev–Trinajstić information content (AvgIpc) is 3.20. The number of ether oxygens (including phenoxy) is 1. The van der Waals surface area contributed by atoms with Crippen LogP contribution in [0.4, 0.5) is 0 Å². The van der Waals surface area contributed by atoms with Crippen molar-refractivity contribution in [3.05, 3.63) is 0 Å². The third-order valence-electron chi connectivity index (χ3n) is 12.2. The summed E-state index contributed by atoms with van der Waals surface area (Å²) in [5.41, 5.74) is 11.6. The fraction of sp³-hybridized carbons (Fsp3) is 1.00. The molecular formula is C29H53N3O2+2. The van der Waals surface area contributed by atoms with E-state index in [1.165, 1.54) is 83.6 Å². The monoisotopic (exact) mass is 475 g/mol. The topological polar surface area (TPSA) is 99.7 Å². The molecule has 5 heteroatoms. The van der Waals surface area contributed by atoms with Crippen LogP contribution < -0.4 is 16.8 Å². The van der Waals surface area contributed by atoms with Gasteiger partial charge in [0, 0.05) is 30.6 Å². The number of fused-ring (bicyclic) bond motifs is 1. The summed E-state index contributed by atoms with van der Waals surface area (Å²) in [4.78, 5) is 0. The molecular weight excluding hydrogens is 422 g/mol. The van der Waals surface area contributed by atoms with Crippen molar-refractivity contribution in [1.82, 2.24) is 0 Å². The van der Waals surface area contributed by atoms with Crippen LogP contribution in [-0.2, 0) is 4.74 Å². The fourth-order valence-electron chi connectivity index (χ4n) is 11.4. The molecule has 34 heavy (non-hydrogen) atoms. The lowest BCUT2D eigenvalue weighted by Crippen LogP contribution is -2.95. The number of piperidine rings is 1. The Balaban J connectivity index is 1.30. The molecule has 0 aromatic rings. The number of hydrogen-bond donors (Lipinski definition) is 4. The molecule has 3 heterocycles. The molecule has 0 aromatic heterocycles. The molecule has 7 fully saturated rings. The van der Waals surface area contributed by atoms with Crippen molar-refractivity contribution in [2.24, 2.45) is 46.7 Å². The third-order valence-corrected chi connectivity index (χ3v) is 12.2. The lowest BCUT2D eigenvalue weighted by atomic mass is 9.43. The average molecular weight is 476 g/mol. The summed E-state index contributed by atoms with van der Waals surface area (Å²) >= 11 is 0. The molecule has 7 aliphatic rings. The van der Waals surface area contributed by atoms with E-state index in [4.69, 9.17) is 16.2 Å². The molecule has 0 radical (unpaired) electrons. The van der Waals surface area contributed by atoms with Crippen molar-refractivity contribution >= 4 is 0 Å². The molecule has 0 aromatic carbocycles. The first-order valence-electron chi connectivity index (χ1n) is 14.9. The van der Waals surface area contributed by atoms with E-state index in [-0.39, 0.29) is 16.7 Å². The highest BCUT2D eigenvalue weighted by atomic mass is 16.5.